The normalized spacial score (nSPS) is 15.1. The minimum absolute atomic E-state index is 1.31. The Morgan fingerprint density at radius 3 is 1.43 bits per heavy atom. The second-order valence-electron chi connectivity index (χ2n) is 5.33. The molecule has 0 spiro atoms. The van der Waals surface area contributed by atoms with Gasteiger partial charge in [0, 0.05) is 12.0 Å². The van der Waals surface area contributed by atoms with Crippen LogP contribution in [0.4, 0.5) is 61.5 Å². The van der Waals surface area contributed by atoms with Crippen molar-refractivity contribution in [2.75, 3.05) is 0 Å². The average molecular weight is 450 g/mol. The van der Waals surface area contributed by atoms with Gasteiger partial charge in [-0.05, 0) is 6.42 Å². The third kappa shape index (κ3) is 3.73. The van der Waals surface area contributed by atoms with E-state index in [2.05, 4.69) is 6.58 Å². The van der Waals surface area contributed by atoms with E-state index in [1.165, 1.54) is 0 Å². The highest BCUT2D eigenvalue weighted by Crippen LogP contribution is 2.61. The summed E-state index contributed by atoms with van der Waals surface area (Å²) in [6, 6.07) is 0. The lowest BCUT2D eigenvalue weighted by molar-refractivity contribution is -0.432. The SMILES string of the molecule is C=C(CCC(F)(F)C(F)(F)C(F)(F)C(F)(F)C(F)(F)C(F)(F)C(F)F)C(=O)O. The molecule has 16 heteroatoms. The van der Waals surface area contributed by atoms with Crippen LogP contribution in [-0.4, -0.2) is 53.0 Å². The molecule has 28 heavy (non-hydrogen) atoms. The third-order valence-corrected chi connectivity index (χ3v) is 3.38. The number of carboxylic acids is 1. The van der Waals surface area contributed by atoms with Crippen molar-refractivity contribution in [3.05, 3.63) is 12.2 Å². The molecule has 0 aromatic heterocycles. The fourth-order valence-electron chi connectivity index (χ4n) is 1.54. The van der Waals surface area contributed by atoms with Crippen LogP contribution in [0, 0.1) is 0 Å². The predicted octanol–water partition coefficient (Wildman–Crippen LogP) is 5.48. The summed E-state index contributed by atoms with van der Waals surface area (Å²) in [6.45, 7) is 2.53. The van der Waals surface area contributed by atoms with E-state index in [1.807, 2.05) is 0 Å². The maximum atomic E-state index is 13.3. The fourth-order valence-corrected chi connectivity index (χ4v) is 1.54. The Morgan fingerprint density at radius 2 is 1.11 bits per heavy atom. The molecular weight excluding hydrogens is 442 g/mol. The zero-order valence-corrected chi connectivity index (χ0v) is 12.8. The van der Waals surface area contributed by atoms with Crippen LogP contribution in [0.1, 0.15) is 12.8 Å². The van der Waals surface area contributed by atoms with Crippen molar-refractivity contribution in [2.45, 2.75) is 54.8 Å². The molecule has 2 nitrogen and oxygen atoms in total. The van der Waals surface area contributed by atoms with Crippen LogP contribution < -0.4 is 0 Å². The zero-order valence-electron chi connectivity index (χ0n) is 12.8. The van der Waals surface area contributed by atoms with Crippen LogP contribution in [0.25, 0.3) is 0 Å². The van der Waals surface area contributed by atoms with Gasteiger partial charge < -0.3 is 5.11 Å². The number of rotatable bonds is 10. The summed E-state index contributed by atoms with van der Waals surface area (Å²) in [6.07, 6.45) is -10.1. The van der Waals surface area contributed by atoms with Gasteiger partial charge in [0.2, 0.25) is 0 Å². The van der Waals surface area contributed by atoms with E-state index in [-0.39, 0.29) is 0 Å². The second-order valence-corrected chi connectivity index (χ2v) is 5.33. The summed E-state index contributed by atoms with van der Waals surface area (Å²) < 4.78 is 181. The van der Waals surface area contributed by atoms with E-state index in [1.54, 1.807) is 0 Å². The third-order valence-electron chi connectivity index (χ3n) is 3.38. The number of hydrogen-bond acceptors (Lipinski definition) is 1. The van der Waals surface area contributed by atoms with Crippen LogP contribution in [0.3, 0.4) is 0 Å². The van der Waals surface area contributed by atoms with Crippen molar-refractivity contribution < 1.29 is 71.4 Å². The summed E-state index contributed by atoms with van der Waals surface area (Å²) in [7, 11) is 0. The quantitative estimate of drug-likeness (QED) is 0.354. The maximum Gasteiger partial charge on any atom is 0.384 e. The molecule has 1 N–H and O–H groups in total. The molecule has 0 saturated carbocycles. The molecular formula is C12H8F14O2. The molecule has 0 unspecified atom stereocenters. The van der Waals surface area contributed by atoms with Crippen molar-refractivity contribution in [1.29, 1.82) is 0 Å². The van der Waals surface area contributed by atoms with Gasteiger partial charge in [-0.15, -0.1) is 0 Å². The number of carboxylic acid groups (broad SMARTS) is 1. The lowest BCUT2D eigenvalue weighted by Gasteiger charge is -2.41. The summed E-state index contributed by atoms with van der Waals surface area (Å²) in [4.78, 5) is 10.3. The molecule has 0 aliphatic heterocycles. The first kappa shape index (κ1) is 26.2. The predicted molar refractivity (Wildman–Crippen MR) is 61.7 cm³/mol. The van der Waals surface area contributed by atoms with Crippen molar-refractivity contribution in [1.82, 2.24) is 0 Å². The summed E-state index contributed by atoms with van der Waals surface area (Å²) in [5, 5.41) is 8.27. The second kappa shape index (κ2) is 7.24. The number of halogens is 14. The number of hydrogen-bond donors (Lipinski definition) is 1. The Hall–Kier alpha value is -1.77. The Morgan fingerprint density at radius 1 is 0.750 bits per heavy atom. The monoisotopic (exact) mass is 450 g/mol. The Labute approximate surface area is 145 Å². The van der Waals surface area contributed by atoms with Gasteiger partial charge in [0.1, 0.15) is 0 Å². The summed E-state index contributed by atoms with van der Waals surface area (Å²) in [5.74, 6) is -47.2. The zero-order chi connectivity index (χ0) is 23.1. The summed E-state index contributed by atoms with van der Waals surface area (Å²) in [5.41, 5.74) is -1.31. The molecule has 0 bridgehead atoms. The molecule has 166 valence electrons. The van der Waals surface area contributed by atoms with Crippen LogP contribution in [0.2, 0.25) is 0 Å². The molecule has 0 amide bonds. The van der Waals surface area contributed by atoms with E-state index in [4.69, 9.17) is 5.11 Å². The minimum Gasteiger partial charge on any atom is -0.478 e. The van der Waals surface area contributed by atoms with Gasteiger partial charge in [-0.3, -0.25) is 0 Å². The standard InChI is InChI=1S/C12H8F14O2/c1-4(5(27)28)2-3-7(15,16)9(19,20)11(23,24)12(25,26)10(21,22)8(17,18)6(13)14/h6H,1-3H2,(H,27,28). The van der Waals surface area contributed by atoms with Crippen LogP contribution in [0.5, 0.6) is 0 Å². The van der Waals surface area contributed by atoms with Crippen molar-refractivity contribution in [2.24, 2.45) is 0 Å². The van der Waals surface area contributed by atoms with Crippen LogP contribution >= 0.6 is 0 Å². The van der Waals surface area contributed by atoms with Gasteiger partial charge in [0.25, 0.3) is 0 Å². The lowest BCUT2D eigenvalue weighted by atomic mass is 9.89. The largest absolute Gasteiger partial charge is 0.478 e. The molecule has 0 radical (unpaired) electrons. The van der Waals surface area contributed by atoms with Gasteiger partial charge in [-0.25, -0.2) is 13.6 Å². The highest BCUT2D eigenvalue weighted by atomic mass is 19.4. The molecule has 0 saturated heterocycles. The van der Waals surface area contributed by atoms with Crippen LogP contribution in [0.15, 0.2) is 12.2 Å². The maximum absolute atomic E-state index is 13.3. The Kier molecular flexibility index (Phi) is 6.78. The molecule has 0 aromatic rings. The van der Waals surface area contributed by atoms with E-state index in [9.17, 15) is 66.3 Å². The molecule has 0 aromatic carbocycles. The van der Waals surface area contributed by atoms with Crippen molar-refractivity contribution in [3.63, 3.8) is 0 Å². The molecule has 0 aliphatic carbocycles. The van der Waals surface area contributed by atoms with Crippen molar-refractivity contribution in [3.8, 4) is 0 Å². The first-order valence-corrected chi connectivity index (χ1v) is 6.48. The van der Waals surface area contributed by atoms with E-state index >= 15 is 0 Å². The Balaban J connectivity index is 6.17. The van der Waals surface area contributed by atoms with Gasteiger partial charge in [-0.2, -0.15) is 52.7 Å². The summed E-state index contributed by atoms with van der Waals surface area (Å²) >= 11 is 0. The smallest absolute Gasteiger partial charge is 0.384 e. The first-order chi connectivity index (χ1) is 12.0. The van der Waals surface area contributed by atoms with E-state index in [0.29, 0.717) is 0 Å². The molecule has 0 heterocycles. The first-order valence-electron chi connectivity index (χ1n) is 6.48. The topological polar surface area (TPSA) is 37.3 Å². The van der Waals surface area contributed by atoms with Crippen molar-refractivity contribution >= 4 is 5.97 Å². The molecule has 0 aliphatic rings. The van der Waals surface area contributed by atoms with Gasteiger partial charge >= 0.3 is 47.9 Å². The lowest BCUT2D eigenvalue weighted by Crippen LogP contribution is -2.71. The fraction of sp³-hybridized carbons (Fsp3) is 0.750. The number of aliphatic carboxylic acids is 1. The van der Waals surface area contributed by atoms with Gasteiger partial charge in [-0.1, -0.05) is 6.58 Å². The van der Waals surface area contributed by atoms with Gasteiger partial charge in [0.15, 0.2) is 0 Å². The highest BCUT2D eigenvalue weighted by molar-refractivity contribution is 5.85. The van der Waals surface area contributed by atoms with Gasteiger partial charge in [0.05, 0.1) is 0 Å². The Bertz CT molecular complexity index is 609. The van der Waals surface area contributed by atoms with E-state index < -0.39 is 66.3 Å². The highest BCUT2D eigenvalue weighted by Gasteiger charge is 2.90. The minimum atomic E-state index is -8.09. The number of alkyl halides is 14. The van der Waals surface area contributed by atoms with E-state index in [0.717, 1.165) is 0 Å². The number of carbonyl (C=O) groups is 1. The average Bonchev–Trinajstić information content (AvgIpc) is 2.51. The molecule has 0 atom stereocenters. The molecule has 0 rings (SSSR count). The van der Waals surface area contributed by atoms with Crippen LogP contribution in [-0.2, 0) is 4.79 Å². The molecule has 0 fully saturated rings.